The van der Waals surface area contributed by atoms with Gasteiger partial charge in [-0.3, -0.25) is 9.78 Å². The third-order valence-electron chi connectivity index (χ3n) is 6.79. The molecule has 0 spiro atoms. The summed E-state index contributed by atoms with van der Waals surface area (Å²) in [5.41, 5.74) is 11.1. The summed E-state index contributed by atoms with van der Waals surface area (Å²) >= 11 is 0. The maximum absolute atomic E-state index is 12.3. The zero-order valence-electron chi connectivity index (χ0n) is 19.5. The second-order valence-electron chi connectivity index (χ2n) is 9.30. The van der Waals surface area contributed by atoms with E-state index in [-0.39, 0.29) is 11.7 Å². The molecule has 1 atom stereocenters. The van der Waals surface area contributed by atoms with Crippen molar-refractivity contribution in [3.63, 3.8) is 0 Å². The van der Waals surface area contributed by atoms with Crippen molar-refractivity contribution in [2.45, 2.75) is 32.2 Å². The standard InChI is InChI=1S/C24H33N5O3S/c1-4-33(31,32)29-7-5-17(6-8-29)22-14-27-23-20(22)10-18(11-21(23)24(25)30)19-9-16(12-26-13-19)15-28(2)3/h9-13,17,22,27H,4-8,14-15H2,1-3H3,(H2,25,30). The predicted molar refractivity (Wildman–Crippen MR) is 131 cm³/mol. The van der Waals surface area contributed by atoms with Gasteiger partial charge in [0, 0.05) is 50.1 Å². The lowest BCUT2D eigenvalue weighted by atomic mass is 9.80. The summed E-state index contributed by atoms with van der Waals surface area (Å²) in [6, 6.07) is 6.10. The highest BCUT2D eigenvalue weighted by Gasteiger charge is 2.36. The highest BCUT2D eigenvalue weighted by molar-refractivity contribution is 7.89. The molecular formula is C24H33N5O3S. The molecular weight excluding hydrogens is 438 g/mol. The maximum atomic E-state index is 12.3. The van der Waals surface area contributed by atoms with E-state index in [1.54, 1.807) is 11.2 Å². The number of pyridine rings is 1. The Bertz CT molecular complexity index is 1140. The number of nitrogens with zero attached hydrogens (tertiary/aromatic N) is 3. The van der Waals surface area contributed by atoms with Gasteiger partial charge in [-0.25, -0.2) is 12.7 Å². The number of primary amides is 1. The number of nitrogens with one attached hydrogen (secondary N) is 1. The van der Waals surface area contributed by atoms with Gasteiger partial charge in [0.05, 0.1) is 17.0 Å². The second-order valence-corrected chi connectivity index (χ2v) is 11.6. The Morgan fingerprint density at radius 2 is 1.91 bits per heavy atom. The van der Waals surface area contributed by atoms with E-state index in [1.165, 1.54) is 0 Å². The molecule has 178 valence electrons. The topological polar surface area (TPSA) is 109 Å². The summed E-state index contributed by atoms with van der Waals surface area (Å²) in [5, 5.41) is 3.41. The fourth-order valence-electron chi connectivity index (χ4n) is 5.09. The Hall–Kier alpha value is -2.49. The number of hydrogen-bond donors (Lipinski definition) is 2. The van der Waals surface area contributed by atoms with Crippen LogP contribution in [0.15, 0.2) is 30.6 Å². The molecule has 3 heterocycles. The molecule has 0 radical (unpaired) electrons. The minimum atomic E-state index is -3.16. The van der Waals surface area contributed by atoms with Gasteiger partial charge >= 0.3 is 0 Å². The van der Waals surface area contributed by atoms with Gasteiger partial charge in [0.15, 0.2) is 0 Å². The number of aromatic nitrogens is 1. The number of piperidine rings is 1. The van der Waals surface area contributed by atoms with Crippen molar-refractivity contribution in [1.29, 1.82) is 0 Å². The number of carbonyl (C=O) groups is 1. The van der Waals surface area contributed by atoms with Crippen molar-refractivity contribution in [1.82, 2.24) is 14.2 Å². The minimum Gasteiger partial charge on any atom is -0.384 e. The van der Waals surface area contributed by atoms with Gasteiger partial charge in [-0.05, 0) is 74.7 Å². The van der Waals surface area contributed by atoms with E-state index in [9.17, 15) is 13.2 Å². The Kier molecular flexibility index (Phi) is 6.74. The van der Waals surface area contributed by atoms with Gasteiger partial charge in [-0.15, -0.1) is 0 Å². The van der Waals surface area contributed by atoms with Crippen LogP contribution in [0.4, 0.5) is 5.69 Å². The molecule has 33 heavy (non-hydrogen) atoms. The first-order valence-electron chi connectivity index (χ1n) is 11.5. The van der Waals surface area contributed by atoms with Crippen LogP contribution < -0.4 is 11.1 Å². The number of nitrogens with two attached hydrogens (primary N) is 1. The fourth-order valence-corrected chi connectivity index (χ4v) is 6.23. The maximum Gasteiger partial charge on any atom is 0.250 e. The first-order chi connectivity index (χ1) is 15.7. The van der Waals surface area contributed by atoms with Crippen LogP contribution in [0.25, 0.3) is 11.1 Å². The Labute approximate surface area is 196 Å². The molecule has 9 heteroatoms. The molecule has 2 aliphatic rings. The molecule has 1 aromatic carbocycles. The molecule has 3 N–H and O–H groups in total. The van der Waals surface area contributed by atoms with Crippen LogP contribution in [0.5, 0.6) is 0 Å². The smallest absolute Gasteiger partial charge is 0.250 e. The lowest BCUT2D eigenvalue weighted by molar-refractivity contribution is 0.100. The molecule has 2 aromatic rings. The van der Waals surface area contributed by atoms with Crippen molar-refractivity contribution in [2.24, 2.45) is 11.7 Å². The van der Waals surface area contributed by atoms with Crippen LogP contribution in [-0.4, -0.2) is 68.0 Å². The first-order valence-corrected chi connectivity index (χ1v) is 13.1. The highest BCUT2D eigenvalue weighted by atomic mass is 32.2. The minimum absolute atomic E-state index is 0.137. The van der Waals surface area contributed by atoms with Gasteiger partial charge in [0.25, 0.3) is 5.91 Å². The molecule has 0 aliphatic carbocycles. The quantitative estimate of drug-likeness (QED) is 0.642. The summed E-state index contributed by atoms with van der Waals surface area (Å²) in [6.07, 6.45) is 5.29. The number of benzene rings is 1. The van der Waals surface area contributed by atoms with Crippen molar-refractivity contribution >= 4 is 21.6 Å². The van der Waals surface area contributed by atoms with Crippen molar-refractivity contribution in [3.05, 3.63) is 47.3 Å². The predicted octanol–water partition coefficient (Wildman–Crippen LogP) is 2.48. The molecule has 1 unspecified atom stereocenters. The summed E-state index contributed by atoms with van der Waals surface area (Å²) in [7, 11) is 0.873. The SMILES string of the molecule is CCS(=O)(=O)N1CCC(C2CNc3c(C(N)=O)cc(-c4cncc(CN(C)C)c4)cc32)CC1. The van der Waals surface area contributed by atoms with Crippen molar-refractivity contribution in [3.8, 4) is 11.1 Å². The van der Waals surface area contributed by atoms with Crippen LogP contribution in [0, 0.1) is 5.92 Å². The van der Waals surface area contributed by atoms with E-state index in [2.05, 4.69) is 27.3 Å². The number of anilines is 1. The van der Waals surface area contributed by atoms with Crippen LogP contribution in [0.2, 0.25) is 0 Å². The molecule has 2 aliphatic heterocycles. The number of hydrogen-bond acceptors (Lipinski definition) is 6. The van der Waals surface area contributed by atoms with Crippen molar-refractivity contribution in [2.75, 3.05) is 44.8 Å². The summed E-state index contributed by atoms with van der Waals surface area (Å²) in [6.45, 7) is 4.28. The highest BCUT2D eigenvalue weighted by Crippen LogP contribution is 2.44. The van der Waals surface area contributed by atoms with Gasteiger partial charge in [0.1, 0.15) is 0 Å². The third kappa shape index (κ3) is 4.90. The monoisotopic (exact) mass is 471 g/mol. The second kappa shape index (κ2) is 9.40. The van der Waals surface area contributed by atoms with Gasteiger partial charge < -0.3 is 16.0 Å². The van der Waals surface area contributed by atoms with Crippen LogP contribution >= 0.6 is 0 Å². The number of rotatable bonds is 7. The summed E-state index contributed by atoms with van der Waals surface area (Å²) in [5.74, 6) is 0.235. The zero-order valence-corrected chi connectivity index (χ0v) is 20.4. The Balaban J connectivity index is 1.65. The lowest BCUT2D eigenvalue weighted by Gasteiger charge is -2.34. The number of amides is 1. The lowest BCUT2D eigenvalue weighted by Crippen LogP contribution is -2.40. The summed E-state index contributed by atoms with van der Waals surface area (Å²) < 4.78 is 26.1. The molecule has 0 bridgehead atoms. The molecule has 8 nitrogen and oxygen atoms in total. The number of sulfonamides is 1. The van der Waals surface area contributed by atoms with Gasteiger partial charge in [-0.1, -0.05) is 0 Å². The zero-order chi connectivity index (χ0) is 23.8. The summed E-state index contributed by atoms with van der Waals surface area (Å²) in [4.78, 5) is 18.8. The van der Waals surface area contributed by atoms with Crippen LogP contribution in [0.3, 0.4) is 0 Å². The number of carbonyl (C=O) groups excluding carboxylic acids is 1. The molecule has 1 aromatic heterocycles. The fraction of sp³-hybridized carbons (Fsp3) is 0.500. The molecule has 0 saturated carbocycles. The largest absolute Gasteiger partial charge is 0.384 e. The van der Waals surface area contributed by atoms with E-state index in [4.69, 9.17) is 5.73 Å². The van der Waals surface area contributed by atoms with E-state index < -0.39 is 15.9 Å². The number of fused-ring (bicyclic) bond motifs is 1. The van der Waals surface area contributed by atoms with E-state index in [1.807, 2.05) is 32.6 Å². The third-order valence-corrected chi connectivity index (χ3v) is 8.67. The Morgan fingerprint density at radius 1 is 1.18 bits per heavy atom. The van der Waals surface area contributed by atoms with E-state index >= 15 is 0 Å². The molecule has 1 saturated heterocycles. The first kappa shape index (κ1) is 23.7. The van der Waals surface area contributed by atoms with Gasteiger partial charge in [-0.2, -0.15) is 0 Å². The normalized spacial score (nSPS) is 19.5. The average molecular weight is 472 g/mol. The molecule has 1 fully saturated rings. The molecule has 1 amide bonds. The van der Waals surface area contributed by atoms with Gasteiger partial charge in [0.2, 0.25) is 10.0 Å². The average Bonchev–Trinajstić information content (AvgIpc) is 3.22. The van der Waals surface area contributed by atoms with E-state index in [0.717, 1.165) is 53.9 Å². The van der Waals surface area contributed by atoms with E-state index in [0.29, 0.717) is 24.6 Å². The van der Waals surface area contributed by atoms with Crippen LogP contribution in [0.1, 0.15) is 47.2 Å². The van der Waals surface area contributed by atoms with Crippen LogP contribution in [-0.2, 0) is 16.6 Å². The molecule has 4 rings (SSSR count). The Morgan fingerprint density at radius 3 is 2.55 bits per heavy atom. The van der Waals surface area contributed by atoms with Crippen molar-refractivity contribution < 1.29 is 13.2 Å².